The Morgan fingerprint density at radius 1 is 1.15 bits per heavy atom. The predicted molar refractivity (Wildman–Crippen MR) is 155 cm³/mol. The quantitative estimate of drug-likeness (QED) is 0.129. The zero-order valence-electron chi connectivity index (χ0n) is 22.4. The summed E-state index contributed by atoms with van der Waals surface area (Å²) in [6.07, 6.45) is 2.85. The summed E-state index contributed by atoms with van der Waals surface area (Å²) in [6.45, 7) is 3.61. The van der Waals surface area contributed by atoms with Gasteiger partial charge in [0, 0.05) is 25.0 Å². The van der Waals surface area contributed by atoms with Crippen molar-refractivity contribution < 1.29 is 27.7 Å². The van der Waals surface area contributed by atoms with E-state index in [9.17, 15) is 9.36 Å². The summed E-state index contributed by atoms with van der Waals surface area (Å²) in [5.74, 6) is -0.968. The van der Waals surface area contributed by atoms with Crippen LogP contribution in [0, 0.1) is 24.1 Å². The first-order valence-electron chi connectivity index (χ1n) is 12.3. The van der Waals surface area contributed by atoms with Gasteiger partial charge in [-0.3, -0.25) is 4.57 Å². The Morgan fingerprint density at radius 3 is 2.50 bits per heavy atom. The molecule has 0 aliphatic rings. The van der Waals surface area contributed by atoms with Crippen molar-refractivity contribution in [2.24, 2.45) is 0 Å². The number of aryl methyl sites for hydroxylation is 1. The molecule has 1 atom stereocenters. The minimum absolute atomic E-state index is 0.0381. The Hall–Kier alpha value is -3.89. The van der Waals surface area contributed by atoms with Crippen LogP contribution in [0.15, 0.2) is 60.7 Å². The molecule has 0 aliphatic carbocycles. The minimum atomic E-state index is -4.15. The van der Waals surface area contributed by atoms with Gasteiger partial charge in [-0.2, -0.15) is 5.26 Å². The van der Waals surface area contributed by atoms with Gasteiger partial charge < -0.3 is 18.6 Å². The molecule has 0 N–H and O–H groups in total. The van der Waals surface area contributed by atoms with E-state index in [4.69, 9.17) is 30.9 Å². The topological polar surface area (TPSA) is 90.6 Å². The van der Waals surface area contributed by atoms with E-state index in [2.05, 4.69) is 0 Å². The molecule has 206 valence electrons. The van der Waals surface area contributed by atoms with E-state index >= 15 is 4.39 Å². The number of nitriles is 1. The lowest BCUT2D eigenvalue weighted by Crippen LogP contribution is -2.26. The summed E-state index contributed by atoms with van der Waals surface area (Å²) in [5, 5.41) is 8.79. The van der Waals surface area contributed by atoms with Crippen molar-refractivity contribution in [2.75, 3.05) is 20.8 Å². The normalized spacial score (nSPS) is 12.8. The first-order chi connectivity index (χ1) is 19.2. The van der Waals surface area contributed by atoms with Crippen molar-refractivity contribution in [1.82, 2.24) is 4.57 Å². The van der Waals surface area contributed by atoms with Crippen LogP contribution in [0.1, 0.15) is 34.1 Å². The fourth-order valence-electron chi connectivity index (χ4n) is 4.65. The van der Waals surface area contributed by atoms with Crippen LogP contribution in [0.4, 0.5) is 4.39 Å². The third kappa shape index (κ3) is 5.41. The largest absolute Gasteiger partial charge is 0.497 e. The molecule has 1 heterocycles. The molecule has 0 saturated carbocycles. The molecule has 4 aromatic rings. The van der Waals surface area contributed by atoms with Crippen LogP contribution >= 0.6 is 19.0 Å². The molecule has 0 fully saturated rings. The molecule has 0 bridgehead atoms. The third-order valence-corrected chi connectivity index (χ3v) is 9.16. The Kier molecular flexibility index (Phi) is 8.80. The van der Waals surface area contributed by atoms with Crippen LogP contribution in [0.3, 0.4) is 0 Å². The lowest BCUT2D eigenvalue weighted by molar-refractivity contribution is 0.0516. The number of esters is 1. The van der Waals surface area contributed by atoms with Gasteiger partial charge in [0.2, 0.25) is 0 Å². The van der Waals surface area contributed by atoms with Crippen molar-refractivity contribution in [3.8, 4) is 11.8 Å². The molecule has 1 aromatic heterocycles. The zero-order chi connectivity index (χ0) is 29.0. The van der Waals surface area contributed by atoms with E-state index in [0.29, 0.717) is 16.8 Å². The second kappa shape index (κ2) is 12.1. The number of ether oxygens (including phenoxy) is 2. The number of fused-ring (bicyclic) bond motifs is 1. The molecule has 10 heteroatoms. The lowest BCUT2D eigenvalue weighted by Gasteiger charge is -2.20. The highest BCUT2D eigenvalue weighted by molar-refractivity contribution is 7.75. The van der Waals surface area contributed by atoms with Gasteiger partial charge in [-0.25, -0.2) is 9.18 Å². The van der Waals surface area contributed by atoms with Gasteiger partial charge in [0.15, 0.2) is 5.82 Å². The van der Waals surface area contributed by atoms with Gasteiger partial charge in [0.05, 0.1) is 41.0 Å². The number of aromatic nitrogens is 1. The van der Waals surface area contributed by atoms with Crippen LogP contribution in [0.2, 0.25) is 5.02 Å². The van der Waals surface area contributed by atoms with Gasteiger partial charge >= 0.3 is 5.97 Å². The molecule has 0 aliphatic heterocycles. The van der Waals surface area contributed by atoms with Crippen LogP contribution < -0.4 is 15.3 Å². The van der Waals surface area contributed by atoms with E-state index in [-0.39, 0.29) is 39.9 Å². The molecular weight excluding hydrogens is 554 g/mol. The van der Waals surface area contributed by atoms with E-state index in [1.54, 1.807) is 68.0 Å². The van der Waals surface area contributed by atoms with Crippen molar-refractivity contribution in [3.05, 3.63) is 93.9 Å². The minimum Gasteiger partial charge on any atom is -0.497 e. The maximum absolute atomic E-state index is 15.9. The highest BCUT2D eigenvalue weighted by Gasteiger charge is 2.40. The molecule has 0 spiro atoms. The number of carbonyl (C=O) groups is 1. The monoisotopic (exact) mass is 580 g/mol. The number of benzene rings is 3. The molecule has 40 heavy (non-hydrogen) atoms. The molecule has 7 nitrogen and oxygen atoms in total. The number of carbonyl (C=O) groups excluding carboxylic acids is 1. The van der Waals surface area contributed by atoms with E-state index in [1.807, 2.05) is 18.2 Å². The number of methoxy groups -OCH3 is 1. The summed E-state index contributed by atoms with van der Waals surface area (Å²) < 4.78 is 48.8. The van der Waals surface area contributed by atoms with Crippen LogP contribution in [0.5, 0.6) is 5.75 Å². The maximum atomic E-state index is 15.9. The highest BCUT2D eigenvalue weighted by Crippen LogP contribution is 2.49. The average molecular weight is 581 g/mol. The fourth-order valence-corrected chi connectivity index (χ4v) is 7.15. The second-order valence-electron chi connectivity index (χ2n) is 8.91. The van der Waals surface area contributed by atoms with Crippen molar-refractivity contribution in [1.29, 1.82) is 5.26 Å². The van der Waals surface area contributed by atoms with Gasteiger partial charge in [0.1, 0.15) is 11.4 Å². The average Bonchev–Trinajstić information content (AvgIpc) is 3.28. The molecule has 0 amide bonds. The Morgan fingerprint density at radius 2 is 1.88 bits per heavy atom. The first kappa shape index (κ1) is 29.1. The number of nitrogens with zero attached hydrogens (tertiary/aromatic N) is 2. The first-order valence-corrected chi connectivity index (χ1v) is 14.3. The van der Waals surface area contributed by atoms with E-state index in [1.165, 1.54) is 19.3 Å². The number of hydrogen-bond acceptors (Lipinski definition) is 6. The molecule has 4 rings (SSSR count). The Bertz CT molecular complexity index is 1710. The predicted octanol–water partition coefficient (Wildman–Crippen LogP) is 6.39. The zero-order valence-corrected chi connectivity index (χ0v) is 24.1. The fraction of sp³-hybridized carbons (Fsp3) is 0.200. The van der Waals surface area contributed by atoms with Crippen molar-refractivity contribution in [3.63, 3.8) is 0 Å². The second-order valence-corrected chi connectivity index (χ2v) is 11.7. The smallest absolute Gasteiger partial charge is 0.355 e. The third-order valence-electron chi connectivity index (χ3n) is 6.39. The molecular formula is C30H27ClFN2O5P. The maximum Gasteiger partial charge on any atom is 0.355 e. The Balaban J connectivity index is 2.11. The van der Waals surface area contributed by atoms with E-state index < -0.39 is 19.2 Å². The summed E-state index contributed by atoms with van der Waals surface area (Å²) >= 11 is 6.22. The number of hydrogen-bond donors (Lipinski definition) is 0. The molecule has 1 unspecified atom stereocenters. The number of allylic oxidation sites excluding steroid dienone is 1. The number of halogens is 2. The van der Waals surface area contributed by atoms with Crippen LogP contribution in [0.25, 0.3) is 17.0 Å². The van der Waals surface area contributed by atoms with Gasteiger partial charge in [-0.15, -0.1) is 0 Å². The van der Waals surface area contributed by atoms with Crippen LogP contribution in [-0.2, 0) is 20.4 Å². The Labute approximate surface area is 236 Å². The molecule has 3 aromatic carbocycles. The molecule has 0 radical (unpaired) electrons. The van der Waals surface area contributed by atoms with Gasteiger partial charge in [0.25, 0.3) is 7.37 Å². The van der Waals surface area contributed by atoms with Crippen molar-refractivity contribution >= 4 is 52.5 Å². The standard InChI is InChI=1S/C30H27ClFN2O5P/c1-5-39-30(35)28-29(40(36,38-4)23-16-19(2)15-21(17-23)7-6-14-33)26-25(13-12-24(31)27(26)32)34(28)18-20-8-10-22(37-3)11-9-20/h6-13,15-17H,5,18H2,1-4H3. The summed E-state index contributed by atoms with van der Waals surface area (Å²) in [6, 6.07) is 17.1. The highest BCUT2D eigenvalue weighted by atomic mass is 35.5. The van der Waals surface area contributed by atoms with Crippen LogP contribution in [-0.4, -0.2) is 31.4 Å². The summed E-state index contributed by atoms with van der Waals surface area (Å²) in [5.41, 5.74) is 2.29. The SMILES string of the molecule is CCOC(=O)c1c(P(=O)(OC)c2cc(C)cc(C=CC#N)c2)c2c(F)c(Cl)ccc2n1Cc1ccc(OC)cc1. The van der Waals surface area contributed by atoms with Crippen molar-refractivity contribution in [2.45, 2.75) is 20.4 Å². The lowest BCUT2D eigenvalue weighted by atomic mass is 10.1. The summed E-state index contributed by atoms with van der Waals surface area (Å²) in [7, 11) is -1.35. The number of rotatable bonds is 9. The molecule has 0 saturated heterocycles. The summed E-state index contributed by atoms with van der Waals surface area (Å²) in [4.78, 5) is 13.6. The van der Waals surface area contributed by atoms with Gasteiger partial charge in [-0.05, 0) is 73.0 Å². The van der Waals surface area contributed by atoms with E-state index in [0.717, 1.165) is 11.1 Å². The van der Waals surface area contributed by atoms with Gasteiger partial charge in [-0.1, -0.05) is 29.8 Å².